The van der Waals surface area contributed by atoms with Crippen LogP contribution in [0.15, 0.2) is 24.4 Å². The Bertz CT molecular complexity index is 1120. The van der Waals surface area contributed by atoms with Crippen molar-refractivity contribution in [1.29, 1.82) is 0 Å². The van der Waals surface area contributed by atoms with E-state index in [0.717, 1.165) is 23.1 Å². The van der Waals surface area contributed by atoms with Gasteiger partial charge in [-0.15, -0.1) is 0 Å². The molecule has 1 aliphatic rings. The fourth-order valence-electron chi connectivity index (χ4n) is 3.89. The van der Waals surface area contributed by atoms with Crippen LogP contribution < -0.4 is 16.8 Å². The maximum atomic E-state index is 14.2. The van der Waals surface area contributed by atoms with Crippen molar-refractivity contribution in [1.82, 2.24) is 14.8 Å². The second-order valence-electron chi connectivity index (χ2n) is 7.82. The van der Waals surface area contributed by atoms with Crippen LogP contribution in [0.1, 0.15) is 36.6 Å². The van der Waals surface area contributed by atoms with E-state index in [1.807, 2.05) is 0 Å². The van der Waals surface area contributed by atoms with Crippen LogP contribution in [-0.4, -0.2) is 45.7 Å². The molecule has 4 atom stereocenters. The first-order valence-corrected chi connectivity index (χ1v) is 11.2. The van der Waals surface area contributed by atoms with Gasteiger partial charge in [-0.3, -0.25) is 4.68 Å². The van der Waals surface area contributed by atoms with Gasteiger partial charge in [-0.05, 0) is 25.0 Å². The molecule has 33 heavy (non-hydrogen) atoms. The van der Waals surface area contributed by atoms with Crippen molar-refractivity contribution in [3.8, 4) is 10.6 Å². The fourth-order valence-corrected chi connectivity index (χ4v) is 4.77. The van der Waals surface area contributed by atoms with Gasteiger partial charge in [0.1, 0.15) is 21.8 Å². The van der Waals surface area contributed by atoms with Crippen molar-refractivity contribution in [2.24, 2.45) is 12.8 Å². The highest BCUT2D eigenvalue weighted by Crippen LogP contribution is 2.37. The van der Waals surface area contributed by atoms with E-state index in [-0.39, 0.29) is 39.5 Å². The van der Waals surface area contributed by atoms with Crippen molar-refractivity contribution in [3.63, 3.8) is 0 Å². The van der Waals surface area contributed by atoms with Gasteiger partial charge in [-0.1, -0.05) is 17.4 Å². The van der Waals surface area contributed by atoms with Gasteiger partial charge in [-0.25, -0.2) is 13.8 Å². The minimum atomic E-state index is -1.31. The van der Waals surface area contributed by atoms with Crippen LogP contribution in [0.2, 0.25) is 0 Å². The molecule has 0 amide bonds. The third kappa shape index (κ3) is 4.70. The number of nitrogens with one attached hydrogen (secondary N) is 1. The molecular formula is C21H26F2N6O3S. The average Bonchev–Trinajstić information content (AvgIpc) is 3.28. The Hall–Kier alpha value is -2.64. The number of nitrogen functional groups attached to an aromatic ring is 1. The van der Waals surface area contributed by atoms with Gasteiger partial charge in [0.2, 0.25) is 0 Å². The summed E-state index contributed by atoms with van der Waals surface area (Å²) in [5.41, 5.74) is 13.6. The molecule has 1 fully saturated rings. The van der Waals surface area contributed by atoms with Gasteiger partial charge in [-0.2, -0.15) is 5.10 Å². The molecule has 1 aliphatic heterocycles. The van der Waals surface area contributed by atoms with Crippen molar-refractivity contribution in [2.45, 2.75) is 37.3 Å². The monoisotopic (exact) mass is 480 g/mol. The normalized spacial score (nSPS) is 22.2. The molecule has 0 spiro atoms. The SMILES string of the molecule is CO[C@H]1CO[C@H](c2c(NC(O)c3nc(-c4cccc(F)c4F)sc3N)cnn2C)CC[C@H]1N. The first-order chi connectivity index (χ1) is 15.8. The molecule has 0 saturated carbocycles. The molecule has 9 nitrogen and oxygen atoms in total. The van der Waals surface area contributed by atoms with Gasteiger partial charge in [0, 0.05) is 25.8 Å². The second-order valence-corrected chi connectivity index (χ2v) is 8.85. The van der Waals surface area contributed by atoms with Gasteiger partial charge < -0.3 is 31.4 Å². The lowest BCUT2D eigenvalue weighted by Crippen LogP contribution is -2.37. The number of thiazole rings is 1. The number of aliphatic hydroxyl groups excluding tert-OH is 1. The Labute approximate surface area is 193 Å². The number of methoxy groups -OCH3 is 1. The standard InChI is InChI=1S/C21H26F2N6O3S/c1-29-18(14-7-6-12(24)15(31-2)9-32-14)13(8-26-29)27-20(30)17-19(25)33-21(28-17)10-4-3-5-11(22)16(10)23/h3-5,8,12,14-15,20,27,30H,6-7,9,24-25H2,1-2H3/t12-,14+,15+,20?/m1/s1. The first kappa shape index (κ1) is 23.5. The third-order valence-electron chi connectivity index (χ3n) is 5.71. The van der Waals surface area contributed by atoms with E-state index in [1.54, 1.807) is 25.0 Å². The fraction of sp³-hybridized carbons (Fsp3) is 0.429. The van der Waals surface area contributed by atoms with Gasteiger partial charge >= 0.3 is 0 Å². The molecule has 1 aromatic carbocycles. The number of halogens is 2. The van der Waals surface area contributed by atoms with Crippen LogP contribution >= 0.6 is 11.3 Å². The molecule has 4 rings (SSSR count). The Morgan fingerprint density at radius 1 is 1.36 bits per heavy atom. The summed E-state index contributed by atoms with van der Waals surface area (Å²) in [6.45, 7) is 0.330. The number of rotatable bonds is 6. The summed E-state index contributed by atoms with van der Waals surface area (Å²) >= 11 is 0.959. The van der Waals surface area contributed by atoms with Crippen LogP contribution in [0.5, 0.6) is 0 Å². The molecule has 12 heteroatoms. The number of anilines is 2. The molecule has 0 bridgehead atoms. The summed E-state index contributed by atoms with van der Waals surface area (Å²) in [5.74, 6) is -2.01. The highest BCUT2D eigenvalue weighted by molar-refractivity contribution is 7.18. The summed E-state index contributed by atoms with van der Waals surface area (Å²) < 4.78 is 40.9. The molecule has 0 aliphatic carbocycles. The molecule has 1 saturated heterocycles. The predicted octanol–water partition coefficient (Wildman–Crippen LogP) is 2.70. The topological polar surface area (TPSA) is 133 Å². The number of aromatic nitrogens is 3. The number of ether oxygens (including phenoxy) is 2. The molecular weight excluding hydrogens is 454 g/mol. The van der Waals surface area contributed by atoms with E-state index in [1.165, 1.54) is 12.1 Å². The smallest absolute Gasteiger partial charge is 0.171 e. The number of aryl methyl sites for hydroxylation is 1. The summed E-state index contributed by atoms with van der Waals surface area (Å²) in [4.78, 5) is 4.26. The van der Waals surface area contributed by atoms with E-state index >= 15 is 0 Å². The second kappa shape index (κ2) is 9.69. The Morgan fingerprint density at radius 3 is 2.91 bits per heavy atom. The zero-order valence-electron chi connectivity index (χ0n) is 18.2. The number of benzene rings is 1. The summed E-state index contributed by atoms with van der Waals surface area (Å²) in [6.07, 6.45) is 1.07. The van der Waals surface area contributed by atoms with E-state index < -0.39 is 17.9 Å². The van der Waals surface area contributed by atoms with Crippen molar-refractivity contribution in [3.05, 3.63) is 47.4 Å². The molecule has 3 heterocycles. The van der Waals surface area contributed by atoms with Crippen molar-refractivity contribution < 1.29 is 23.4 Å². The summed E-state index contributed by atoms with van der Waals surface area (Å²) in [7, 11) is 3.38. The Morgan fingerprint density at radius 2 is 2.15 bits per heavy atom. The zero-order chi connectivity index (χ0) is 23.7. The van der Waals surface area contributed by atoms with E-state index in [0.29, 0.717) is 25.1 Å². The average molecular weight is 481 g/mol. The highest BCUT2D eigenvalue weighted by Gasteiger charge is 2.30. The Balaban J connectivity index is 1.56. The van der Waals surface area contributed by atoms with Crippen LogP contribution in [-0.2, 0) is 16.5 Å². The molecule has 2 aromatic heterocycles. The van der Waals surface area contributed by atoms with Crippen molar-refractivity contribution in [2.75, 3.05) is 24.8 Å². The number of aliphatic hydroxyl groups is 1. The third-order valence-corrected chi connectivity index (χ3v) is 6.64. The largest absolute Gasteiger partial charge is 0.389 e. The maximum absolute atomic E-state index is 14.2. The van der Waals surface area contributed by atoms with Crippen LogP contribution in [0.3, 0.4) is 0 Å². The molecule has 178 valence electrons. The van der Waals surface area contributed by atoms with Crippen LogP contribution in [0, 0.1) is 11.6 Å². The zero-order valence-corrected chi connectivity index (χ0v) is 19.0. The van der Waals surface area contributed by atoms with E-state index in [9.17, 15) is 13.9 Å². The summed E-state index contributed by atoms with van der Waals surface area (Å²) in [5, 5.41) is 18.4. The summed E-state index contributed by atoms with van der Waals surface area (Å²) in [6, 6.07) is 3.66. The quantitative estimate of drug-likeness (QED) is 0.396. The van der Waals surface area contributed by atoms with Crippen LogP contribution in [0.4, 0.5) is 19.5 Å². The lowest BCUT2D eigenvalue weighted by molar-refractivity contribution is -0.0212. The number of hydrogen-bond donors (Lipinski definition) is 4. The molecule has 0 radical (unpaired) electrons. The lowest BCUT2D eigenvalue weighted by Gasteiger charge is -2.20. The van der Waals surface area contributed by atoms with Gasteiger partial charge in [0.25, 0.3) is 0 Å². The first-order valence-electron chi connectivity index (χ1n) is 10.4. The maximum Gasteiger partial charge on any atom is 0.171 e. The minimum Gasteiger partial charge on any atom is -0.389 e. The van der Waals surface area contributed by atoms with Crippen molar-refractivity contribution >= 4 is 22.0 Å². The van der Waals surface area contributed by atoms with Gasteiger partial charge in [0.05, 0.1) is 30.3 Å². The molecule has 6 N–H and O–H groups in total. The van der Waals surface area contributed by atoms with E-state index in [2.05, 4.69) is 15.4 Å². The number of nitrogens with zero attached hydrogens (tertiary/aromatic N) is 3. The minimum absolute atomic E-state index is 0.0249. The predicted molar refractivity (Wildman–Crippen MR) is 120 cm³/mol. The molecule has 1 unspecified atom stereocenters. The van der Waals surface area contributed by atoms with E-state index in [4.69, 9.17) is 20.9 Å². The molecule has 3 aromatic rings. The Kier molecular flexibility index (Phi) is 6.91. The number of hydrogen-bond acceptors (Lipinski definition) is 9. The number of nitrogens with two attached hydrogens (primary N) is 2. The highest BCUT2D eigenvalue weighted by atomic mass is 32.1. The van der Waals surface area contributed by atoms with Crippen LogP contribution in [0.25, 0.3) is 10.6 Å². The van der Waals surface area contributed by atoms with Gasteiger partial charge in [0.15, 0.2) is 17.9 Å². The lowest BCUT2D eigenvalue weighted by atomic mass is 10.0.